The maximum Gasteiger partial charge on any atom is 0.0991 e. The Kier molecular flexibility index (Phi) is 5.31. The van der Waals surface area contributed by atoms with Gasteiger partial charge in [-0.25, -0.2) is 0 Å². The Morgan fingerprint density at radius 2 is 1.05 bits per heavy atom. The number of nitriles is 1. The summed E-state index contributed by atoms with van der Waals surface area (Å²) in [6.07, 6.45) is 0. The summed E-state index contributed by atoms with van der Waals surface area (Å²) < 4.78 is 5.23. The van der Waals surface area contributed by atoms with E-state index in [0.717, 1.165) is 11.1 Å². The van der Waals surface area contributed by atoms with Gasteiger partial charge in [0.05, 0.1) is 11.6 Å². The van der Waals surface area contributed by atoms with Crippen LogP contribution in [0.3, 0.4) is 0 Å². The van der Waals surface area contributed by atoms with Gasteiger partial charge in [0.25, 0.3) is 0 Å². The summed E-state index contributed by atoms with van der Waals surface area (Å²) in [5.41, 5.74) is 7.81. The molecule has 0 atom stereocenters. The molecule has 0 saturated carbocycles. The minimum absolute atomic E-state index is 0.671. The first kappa shape index (κ1) is 23.2. The van der Waals surface area contributed by atoms with Gasteiger partial charge in [0.1, 0.15) is 0 Å². The fraction of sp³-hybridized carbons (Fsp3) is 0. The Hall–Kier alpha value is -4.75. The van der Waals surface area contributed by atoms with E-state index < -0.39 is 0 Å². The van der Waals surface area contributed by atoms with Crippen molar-refractivity contribution in [3.05, 3.63) is 133 Å². The van der Waals surface area contributed by atoms with E-state index in [1.807, 2.05) is 34.8 Å². The average Bonchev–Trinajstić information content (AvgIpc) is 3.59. The van der Waals surface area contributed by atoms with Gasteiger partial charge in [0, 0.05) is 40.3 Å². The number of nitrogens with zero attached hydrogens (tertiary/aromatic N) is 1. The van der Waals surface area contributed by atoms with Crippen LogP contribution in [0, 0.1) is 11.3 Å². The van der Waals surface area contributed by atoms with Crippen LogP contribution in [-0.2, 0) is 0 Å². The van der Waals surface area contributed by atoms with Crippen molar-refractivity contribution >= 4 is 63.0 Å². The van der Waals surface area contributed by atoms with E-state index in [1.54, 1.807) is 0 Å². The van der Waals surface area contributed by atoms with E-state index in [0.29, 0.717) is 5.56 Å². The molecule has 8 aromatic rings. The van der Waals surface area contributed by atoms with Crippen LogP contribution in [0.1, 0.15) is 5.56 Å². The van der Waals surface area contributed by atoms with Crippen LogP contribution in [0.15, 0.2) is 127 Å². The quantitative estimate of drug-likeness (QED) is 0.217. The van der Waals surface area contributed by atoms with E-state index in [2.05, 4.69) is 121 Å². The summed E-state index contributed by atoms with van der Waals surface area (Å²) in [4.78, 5) is 0. The second-order valence-corrected chi connectivity index (χ2v) is 12.2. The molecule has 0 N–H and O–H groups in total. The molecule has 0 fully saturated rings. The lowest BCUT2D eigenvalue weighted by atomic mass is 9.91. The Balaban J connectivity index is 1.43. The molecule has 0 unspecified atom stereocenters. The highest BCUT2D eigenvalue weighted by Crippen LogP contribution is 2.44. The van der Waals surface area contributed by atoms with Crippen LogP contribution in [0.25, 0.3) is 73.7 Å². The summed E-state index contributed by atoms with van der Waals surface area (Å²) in [6.45, 7) is 0. The van der Waals surface area contributed by atoms with Crippen molar-refractivity contribution in [2.45, 2.75) is 0 Å². The minimum atomic E-state index is 0.671. The molecule has 8 rings (SSSR count). The number of rotatable bonds is 3. The van der Waals surface area contributed by atoms with Gasteiger partial charge in [-0.05, 0) is 81.9 Å². The van der Waals surface area contributed by atoms with Gasteiger partial charge in [-0.3, -0.25) is 0 Å². The lowest BCUT2D eigenvalue weighted by Crippen LogP contribution is -1.87. The molecule has 0 radical (unpaired) electrons. The molecule has 186 valence electrons. The predicted octanol–water partition coefficient (Wildman–Crippen LogP) is 11.3. The van der Waals surface area contributed by atoms with E-state index in [4.69, 9.17) is 0 Å². The largest absolute Gasteiger partial charge is 0.192 e. The van der Waals surface area contributed by atoms with Crippen LogP contribution in [0.5, 0.6) is 0 Å². The van der Waals surface area contributed by atoms with E-state index in [-0.39, 0.29) is 0 Å². The highest BCUT2D eigenvalue weighted by atomic mass is 32.1. The number of hydrogen-bond donors (Lipinski definition) is 0. The maximum absolute atomic E-state index is 9.36. The summed E-state index contributed by atoms with van der Waals surface area (Å²) in [5.74, 6) is 0. The molecule has 6 aromatic carbocycles. The lowest BCUT2D eigenvalue weighted by molar-refractivity contribution is 1.48. The normalized spacial score (nSPS) is 11.5. The standard InChI is InChI=1S/C37H21NS2/c38-22-23-15-17-24(18-16-23)25-19-26(28-9-6-14-35-36(28)32-8-2-4-13-34(32)39-35)21-27(20-25)29-10-5-11-31-30-7-1-3-12-33(30)40-37(29)31/h1-21H. The summed E-state index contributed by atoms with van der Waals surface area (Å²) in [5, 5.41) is 14.6. The van der Waals surface area contributed by atoms with Crippen LogP contribution in [0.2, 0.25) is 0 Å². The lowest BCUT2D eigenvalue weighted by Gasteiger charge is -2.13. The SMILES string of the molecule is N#Cc1ccc(-c2cc(-c3cccc4c3sc3ccccc34)cc(-c3cccc4sc5ccccc5c34)c2)cc1. The van der Waals surface area contributed by atoms with Gasteiger partial charge in [-0.2, -0.15) is 5.26 Å². The van der Waals surface area contributed by atoms with Crippen molar-refractivity contribution in [2.75, 3.05) is 0 Å². The van der Waals surface area contributed by atoms with E-state index in [1.165, 1.54) is 62.6 Å². The van der Waals surface area contributed by atoms with Gasteiger partial charge in [-0.15, -0.1) is 22.7 Å². The zero-order valence-electron chi connectivity index (χ0n) is 21.4. The topological polar surface area (TPSA) is 23.8 Å². The molecule has 0 aliphatic rings. The highest BCUT2D eigenvalue weighted by molar-refractivity contribution is 7.26. The van der Waals surface area contributed by atoms with Crippen molar-refractivity contribution in [2.24, 2.45) is 0 Å². The molecular weight excluding hydrogens is 523 g/mol. The third-order valence-electron chi connectivity index (χ3n) is 7.71. The summed E-state index contributed by atoms with van der Waals surface area (Å²) in [6, 6.07) is 47.8. The fourth-order valence-electron chi connectivity index (χ4n) is 5.83. The van der Waals surface area contributed by atoms with Gasteiger partial charge in [0.2, 0.25) is 0 Å². The Morgan fingerprint density at radius 1 is 0.450 bits per heavy atom. The summed E-state index contributed by atoms with van der Waals surface area (Å²) in [7, 11) is 0. The molecule has 3 heteroatoms. The molecule has 0 aliphatic heterocycles. The van der Waals surface area contributed by atoms with Crippen LogP contribution >= 0.6 is 22.7 Å². The first-order valence-corrected chi connectivity index (χ1v) is 14.9. The van der Waals surface area contributed by atoms with E-state index >= 15 is 0 Å². The second kappa shape index (κ2) is 9.17. The predicted molar refractivity (Wildman–Crippen MR) is 173 cm³/mol. The molecule has 0 bridgehead atoms. The molecule has 0 saturated heterocycles. The number of fused-ring (bicyclic) bond motifs is 6. The van der Waals surface area contributed by atoms with Crippen molar-refractivity contribution in [1.82, 2.24) is 0 Å². The molecule has 2 aromatic heterocycles. The molecule has 2 heterocycles. The second-order valence-electron chi connectivity index (χ2n) is 10.0. The van der Waals surface area contributed by atoms with Gasteiger partial charge < -0.3 is 0 Å². The molecule has 0 spiro atoms. The molecule has 0 aliphatic carbocycles. The first-order chi connectivity index (χ1) is 19.8. The van der Waals surface area contributed by atoms with Gasteiger partial charge in [-0.1, -0.05) is 78.9 Å². The van der Waals surface area contributed by atoms with Crippen molar-refractivity contribution < 1.29 is 0 Å². The van der Waals surface area contributed by atoms with Crippen LogP contribution < -0.4 is 0 Å². The third kappa shape index (κ3) is 3.66. The molecular formula is C37H21NS2. The zero-order valence-corrected chi connectivity index (χ0v) is 23.0. The number of hydrogen-bond acceptors (Lipinski definition) is 3. The fourth-order valence-corrected chi connectivity index (χ4v) is 8.20. The Morgan fingerprint density at radius 3 is 1.85 bits per heavy atom. The first-order valence-electron chi connectivity index (χ1n) is 13.2. The summed E-state index contributed by atoms with van der Waals surface area (Å²) >= 11 is 3.71. The zero-order chi connectivity index (χ0) is 26.6. The van der Waals surface area contributed by atoms with Crippen molar-refractivity contribution in [3.8, 4) is 39.4 Å². The van der Waals surface area contributed by atoms with Crippen molar-refractivity contribution in [3.63, 3.8) is 0 Å². The van der Waals surface area contributed by atoms with Gasteiger partial charge >= 0.3 is 0 Å². The third-order valence-corrected chi connectivity index (χ3v) is 10.1. The van der Waals surface area contributed by atoms with Gasteiger partial charge in [0.15, 0.2) is 0 Å². The smallest absolute Gasteiger partial charge is 0.0991 e. The molecule has 0 amide bonds. The van der Waals surface area contributed by atoms with Crippen molar-refractivity contribution in [1.29, 1.82) is 5.26 Å². The number of thiophene rings is 2. The molecule has 1 nitrogen and oxygen atoms in total. The minimum Gasteiger partial charge on any atom is -0.192 e. The van der Waals surface area contributed by atoms with Crippen LogP contribution in [0.4, 0.5) is 0 Å². The monoisotopic (exact) mass is 543 g/mol. The van der Waals surface area contributed by atoms with E-state index in [9.17, 15) is 5.26 Å². The highest BCUT2D eigenvalue weighted by Gasteiger charge is 2.16. The Labute approximate surface area is 239 Å². The molecule has 40 heavy (non-hydrogen) atoms. The Bertz CT molecular complexity index is 2280. The maximum atomic E-state index is 9.36. The average molecular weight is 544 g/mol. The number of benzene rings is 6. The van der Waals surface area contributed by atoms with Crippen LogP contribution in [-0.4, -0.2) is 0 Å².